The average Bonchev–Trinajstić information content (AvgIpc) is 2.83. The van der Waals surface area contributed by atoms with Crippen molar-refractivity contribution < 1.29 is 9.13 Å². The first-order valence-corrected chi connectivity index (χ1v) is 10.6. The lowest BCUT2D eigenvalue weighted by atomic mass is 9.72. The van der Waals surface area contributed by atoms with Gasteiger partial charge >= 0.3 is 0 Å². The SMILES string of the molecule is COc1ccccc1CNC1=NCC2CC(c3ccccc3F)c3ccccc3C2=N1. The maximum Gasteiger partial charge on any atom is 0.218 e. The second-order valence-corrected chi connectivity index (χ2v) is 7.92. The van der Waals surface area contributed by atoms with E-state index in [2.05, 4.69) is 17.4 Å². The molecule has 0 bridgehead atoms. The number of nitrogens with zero attached hydrogens (tertiary/aromatic N) is 2. The number of fused-ring (bicyclic) bond motifs is 3. The second-order valence-electron chi connectivity index (χ2n) is 7.92. The van der Waals surface area contributed by atoms with Gasteiger partial charge in [0.2, 0.25) is 5.96 Å². The highest BCUT2D eigenvalue weighted by Gasteiger charge is 2.35. The Labute approximate surface area is 181 Å². The highest BCUT2D eigenvalue weighted by molar-refractivity contribution is 6.11. The molecule has 1 N–H and O–H groups in total. The molecule has 2 unspecified atom stereocenters. The van der Waals surface area contributed by atoms with Crippen molar-refractivity contribution in [3.05, 3.63) is 101 Å². The predicted molar refractivity (Wildman–Crippen MR) is 121 cm³/mol. The zero-order valence-corrected chi connectivity index (χ0v) is 17.4. The summed E-state index contributed by atoms with van der Waals surface area (Å²) in [5, 5.41) is 3.35. The van der Waals surface area contributed by atoms with Gasteiger partial charge in [0, 0.05) is 29.5 Å². The second kappa shape index (κ2) is 8.34. The Balaban J connectivity index is 1.44. The third-order valence-corrected chi connectivity index (χ3v) is 6.12. The molecule has 0 radical (unpaired) electrons. The van der Waals surface area contributed by atoms with E-state index in [1.54, 1.807) is 19.2 Å². The van der Waals surface area contributed by atoms with E-state index in [4.69, 9.17) is 14.7 Å². The summed E-state index contributed by atoms with van der Waals surface area (Å²) in [6.07, 6.45) is 0.806. The van der Waals surface area contributed by atoms with Gasteiger partial charge in [-0.05, 0) is 29.7 Å². The number of para-hydroxylation sites is 1. The van der Waals surface area contributed by atoms with Crippen LogP contribution in [0, 0.1) is 11.7 Å². The Bertz CT molecular complexity index is 1170. The van der Waals surface area contributed by atoms with Crippen molar-refractivity contribution >= 4 is 11.7 Å². The molecule has 1 heterocycles. The van der Waals surface area contributed by atoms with Crippen molar-refractivity contribution in [1.82, 2.24) is 5.32 Å². The van der Waals surface area contributed by atoms with E-state index in [9.17, 15) is 4.39 Å². The molecule has 2 atom stereocenters. The molecule has 0 saturated carbocycles. The minimum Gasteiger partial charge on any atom is -0.496 e. The van der Waals surface area contributed by atoms with Gasteiger partial charge < -0.3 is 10.1 Å². The van der Waals surface area contributed by atoms with Gasteiger partial charge in [-0.15, -0.1) is 0 Å². The zero-order chi connectivity index (χ0) is 21.2. The Morgan fingerprint density at radius 2 is 1.71 bits per heavy atom. The van der Waals surface area contributed by atoms with Crippen LogP contribution in [-0.2, 0) is 6.54 Å². The van der Waals surface area contributed by atoms with Crippen LogP contribution >= 0.6 is 0 Å². The Kier molecular flexibility index (Phi) is 5.24. The maximum absolute atomic E-state index is 14.6. The van der Waals surface area contributed by atoms with Gasteiger partial charge in [0.1, 0.15) is 11.6 Å². The van der Waals surface area contributed by atoms with Gasteiger partial charge in [0.05, 0.1) is 19.4 Å². The number of rotatable bonds is 4. The lowest BCUT2D eigenvalue weighted by Crippen LogP contribution is -2.36. The number of halogens is 1. The van der Waals surface area contributed by atoms with E-state index in [-0.39, 0.29) is 17.7 Å². The average molecular weight is 413 g/mol. The van der Waals surface area contributed by atoms with Gasteiger partial charge in [-0.3, -0.25) is 4.99 Å². The van der Waals surface area contributed by atoms with Crippen LogP contribution in [0.1, 0.15) is 34.6 Å². The first-order chi connectivity index (χ1) is 15.2. The normalized spacial score (nSPS) is 19.5. The predicted octanol–water partition coefficient (Wildman–Crippen LogP) is 4.93. The molecular weight excluding hydrogens is 389 g/mol. The van der Waals surface area contributed by atoms with E-state index >= 15 is 0 Å². The zero-order valence-electron chi connectivity index (χ0n) is 17.4. The third kappa shape index (κ3) is 3.72. The summed E-state index contributed by atoms with van der Waals surface area (Å²) in [6.45, 7) is 1.23. The Morgan fingerprint density at radius 1 is 0.968 bits per heavy atom. The highest BCUT2D eigenvalue weighted by Crippen LogP contribution is 2.41. The number of hydrogen-bond donors (Lipinski definition) is 1. The number of aliphatic imine (C=N–C) groups is 2. The molecule has 0 amide bonds. The minimum atomic E-state index is -0.152. The van der Waals surface area contributed by atoms with Crippen LogP contribution in [0.15, 0.2) is 82.8 Å². The summed E-state index contributed by atoms with van der Waals surface area (Å²) >= 11 is 0. The largest absolute Gasteiger partial charge is 0.496 e. The van der Waals surface area contributed by atoms with Crippen molar-refractivity contribution in [2.45, 2.75) is 18.9 Å². The third-order valence-electron chi connectivity index (χ3n) is 6.12. The smallest absolute Gasteiger partial charge is 0.218 e. The van der Waals surface area contributed by atoms with Crippen LogP contribution in [0.4, 0.5) is 4.39 Å². The first kappa shape index (κ1) is 19.5. The van der Waals surface area contributed by atoms with Crippen molar-refractivity contribution in [1.29, 1.82) is 0 Å². The van der Waals surface area contributed by atoms with E-state index in [1.165, 1.54) is 0 Å². The summed E-state index contributed by atoms with van der Waals surface area (Å²) in [4.78, 5) is 9.58. The van der Waals surface area contributed by atoms with Crippen LogP contribution < -0.4 is 10.1 Å². The van der Waals surface area contributed by atoms with Crippen molar-refractivity contribution in [2.24, 2.45) is 15.9 Å². The molecule has 0 spiro atoms. The van der Waals surface area contributed by atoms with Crippen LogP contribution in [0.3, 0.4) is 0 Å². The number of hydrogen-bond acceptors (Lipinski definition) is 4. The first-order valence-electron chi connectivity index (χ1n) is 10.6. The number of guanidine groups is 1. The molecule has 3 aromatic carbocycles. The summed E-state index contributed by atoms with van der Waals surface area (Å²) in [5.41, 5.74) is 5.07. The summed E-state index contributed by atoms with van der Waals surface area (Å²) in [6, 6.07) is 23.2. The number of benzene rings is 3. The molecule has 0 aromatic heterocycles. The molecule has 3 aromatic rings. The van der Waals surface area contributed by atoms with E-state index in [0.29, 0.717) is 19.0 Å². The van der Waals surface area contributed by atoms with Crippen molar-refractivity contribution in [2.75, 3.05) is 13.7 Å². The topological polar surface area (TPSA) is 46.0 Å². The number of ether oxygens (including phenoxy) is 1. The standard InChI is InChI=1S/C26H24FN3O/c1-31-24-13-7-2-8-17(24)15-28-26-29-16-18-14-22(20-10-5-6-12-23(20)27)19-9-3-4-11-21(19)25(18)30-26/h2-13,18,22H,14-16H2,1H3,(H,28,29). The number of nitrogens with one attached hydrogen (secondary N) is 1. The fraction of sp³-hybridized carbons (Fsp3) is 0.231. The van der Waals surface area contributed by atoms with E-state index < -0.39 is 0 Å². The molecule has 1 aliphatic heterocycles. The van der Waals surface area contributed by atoms with Gasteiger partial charge in [-0.25, -0.2) is 9.38 Å². The molecule has 2 aliphatic rings. The molecule has 0 fully saturated rings. The number of methoxy groups -OCH3 is 1. The maximum atomic E-state index is 14.6. The molecule has 5 heteroatoms. The monoisotopic (exact) mass is 413 g/mol. The van der Waals surface area contributed by atoms with Crippen LogP contribution in [0.5, 0.6) is 5.75 Å². The molecule has 156 valence electrons. The lowest BCUT2D eigenvalue weighted by molar-refractivity contribution is 0.409. The molecule has 1 aliphatic carbocycles. The van der Waals surface area contributed by atoms with E-state index in [1.807, 2.05) is 48.5 Å². The van der Waals surface area contributed by atoms with Gasteiger partial charge in [0.25, 0.3) is 0 Å². The van der Waals surface area contributed by atoms with Gasteiger partial charge in [-0.1, -0.05) is 60.7 Å². The van der Waals surface area contributed by atoms with Gasteiger partial charge in [-0.2, -0.15) is 0 Å². The molecule has 0 saturated heterocycles. The van der Waals surface area contributed by atoms with Gasteiger partial charge in [0.15, 0.2) is 0 Å². The fourth-order valence-electron chi connectivity index (χ4n) is 4.61. The minimum absolute atomic E-state index is 0.0136. The molecule has 4 nitrogen and oxygen atoms in total. The lowest BCUT2D eigenvalue weighted by Gasteiger charge is -2.34. The van der Waals surface area contributed by atoms with Crippen LogP contribution in [0.2, 0.25) is 0 Å². The van der Waals surface area contributed by atoms with Crippen molar-refractivity contribution in [3.8, 4) is 5.75 Å². The Morgan fingerprint density at radius 3 is 2.55 bits per heavy atom. The van der Waals surface area contributed by atoms with Crippen LogP contribution in [-0.4, -0.2) is 25.3 Å². The highest BCUT2D eigenvalue weighted by atomic mass is 19.1. The summed E-state index contributed by atoms with van der Waals surface area (Å²) in [5.74, 6) is 1.51. The quantitative estimate of drug-likeness (QED) is 0.659. The van der Waals surface area contributed by atoms with Crippen molar-refractivity contribution in [3.63, 3.8) is 0 Å². The van der Waals surface area contributed by atoms with Crippen LogP contribution in [0.25, 0.3) is 0 Å². The summed E-state index contributed by atoms with van der Waals surface area (Å²) < 4.78 is 20.0. The molecular formula is C26H24FN3O. The van der Waals surface area contributed by atoms with E-state index in [0.717, 1.165) is 40.1 Å². The fourth-order valence-corrected chi connectivity index (χ4v) is 4.61. The Hall–Kier alpha value is -3.47. The molecule has 5 rings (SSSR count). The summed E-state index contributed by atoms with van der Waals surface area (Å²) in [7, 11) is 1.67. The molecule has 31 heavy (non-hydrogen) atoms.